The number of hydrogen-bond donors (Lipinski definition) is 0. The van der Waals surface area contributed by atoms with Crippen molar-refractivity contribution >= 4 is 0 Å². The SMILES string of the molecule is Cc1ccc(-c2ccc(COc3cc(C)cc(C)c3)cc2)cc1. The van der Waals surface area contributed by atoms with Gasteiger partial charge in [0, 0.05) is 0 Å². The van der Waals surface area contributed by atoms with Gasteiger partial charge in [-0.05, 0) is 60.7 Å². The Labute approximate surface area is 138 Å². The van der Waals surface area contributed by atoms with Crippen molar-refractivity contribution in [2.75, 3.05) is 0 Å². The van der Waals surface area contributed by atoms with E-state index in [4.69, 9.17) is 4.74 Å². The maximum absolute atomic E-state index is 5.92. The molecule has 0 amide bonds. The summed E-state index contributed by atoms with van der Waals surface area (Å²) in [6.45, 7) is 6.89. The zero-order valence-electron chi connectivity index (χ0n) is 14.0. The predicted octanol–water partition coefficient (Wildman–Crippen LogP) is 5.86. The molecule has 0 bridgehead atoms. The predicted molar refractivity (Wildman–Crippen MR) is 96.9 cm³/mol. The quantitative estimate of drug-likeness (QED) is 0.586. The highest BCUT2D eigenvalue weighted by Crippen LogP contribution is 2.22. The van der Waals surface area contributed by atoms with E-state index in [2.05, 4.69) is 87.5 Å². The first-order chi connectivity index (χ1) is 11.1. The summed E-state index contributed by atoms with van der Waals surface area (Å²) in [6.07, 6.45) is 0. The van der Waals surface area contributed by atoms with Crippen molar-refractivity contribution in [3.05, 3.63) is 89.0 Å². The zero-order valence-corrected chi connectivity index (χ0v) is 14.0. The molecule has 3 rings (SSSR count). The summed E-state index contributed by atoms with van der Waals surface area (Å²) in [6, 6.07) is 23.5. The first-order valence-electron chi connectivity index (χ1n) is 7.97. The molecule has 0 heterocycles. The maximum atomic E-state index is 5.92. The van der Waals surface area contributed by atoms with E-state index >= 15 is 0 Å². The van der Waals surface area contributed by atoms with Gasteiger partial charge in [-0.1, -0.05) is 60.2 Å². The van der Waals surface area contributed by atoms with E-state index in [1.165, 1.54) is 33.4 Å². The molecule has 3 aromatic carbocycles. The second-order valence-corrected chi connectivity index (χ2v) is 6.18. The van der Waals surface area contributed by atoms with Gasteiger partial charge in [-0.2, -0.15) is 0 Å². The Morgan fingerprint density at radius 2 is 1.13 bits per heavy atom. The van der Waals surface area contributed by atoms with Crippen molar-refractivity contribution in [3.63, 3.8) is 0 Å². The summed E-state index contributed by atoms with van der Waals surface area (Å²) < 4.78 is 5.92. The van der Waals surface area contributed by atoms with Crippen LogP contribution in [0.1, 0.15) is 22.3 Å². The molecule has 0 aliphatic heterocycles. The van der Waals surface area contributed by atoms with Gasteiger partial charge in [0.25, 0.3) is 0 Å². The third kappa shape index (κ3) is 4.01. The minimum atomic E-state index is 0.594. The van der Waals surface area contributed by atoms with Gasteiger partial charge in [-0.3, -0.25) is 0 Å². The number of rotatable bonds is 4. The average molecular weight is 302 g/mol. The van der Waals surface area contributed by atoms with Crippen molar-refractivity contribution in [1.82, 2.24) is 0 Å². The number of aryl methyl sites for hydroxylation is 3. The van der Waals surface area contributed by atoms with Crippen LogP contribution >= 0.6 is 0 Å². The van der Waals surface area contributed by atoms with Crippen LogP contribution < -0.4 is 4.74 Å². The lowest BCUT2D eigenvalue weighted by Gasteiger charge is -2.09. The van der Waals surface area contributed by atoms with E-state index in [0.717, 1.165) is 5.75 Å². The molecular formula is C22H22O. The molecule has 1 heteroatoms. The Kier molecular flexibility index (Phi) is 4.47. The van der Waals surface area contributed by atoms with E-state index in [9.17, 15) is 0 Å². The van der Waals surface area contributed by atoms with Gasteiger partial charge >= 0.3 is 0 Å². The number of hydrogen-bond acceptors (Lipinski definition) is 1. The fraction of sp³-hybridized carbons (Fsp3) is 0.182. The average Bonchev–Trinajstić information content (AvgIpc) is 2.53. The smallest absolute Gasteiger partial charge is 0.120 e. The van der Waals surface area contributed by atoms with Crippen molar-refractivity contribution in [3.8, 4) is 16.9 Å². The summed E-state index contributed by atoms with van der Waals surface area (Å²) >= 11 is 0. The van der Waals surface area contributed by atoms with Crippen LogP contribution in [0.15, 0.2) is 66.7 Å². The van der Waals surface area contributed by atoms with Gasteiger partial charge in [-0.15, -0.1) is 0 Å². The zero-order chi connectivity index (χ0) is 16.2. The summed E-state index contributed by atoms with van der Waals surface area (Å²) in [4.78, 5) is 0. The van der Waals surface area contributed by atoms with Gasteiger partial charge in [0.2, 0.25) is 0 Å². The monoisotopic (exact) mass is 302 g/mol. The van der Waals surface area contributed by atoms with Crippen LogP contribution in [0.25, 0.3) is 11.1 Å². The summed E-state index contributed by atoms with van der Waals surface area (Å²) in [5.74, 6) is 0.935. The molecule has 0 atom stereocenters. The molecular weight excluding hydrogens is 280 g/mol. The molecule has 3 aromatic rings. The second kappa shape index (κ2) is 6.70. The van der Waals surface area contributed by atoms with Gasteiger partial charge in [0.15, 0.2) is 0 Å². The Balaban J connectivity index is 1.69. The lowest BCUT2D eigenvalue weighted by Crippen LogP contribution is -1.96. The summed E-state index contributed by atoms with van der Waals surface area (Å²) in [7, 11) is 0. The Morgan fingerprint density at radius 3 is 1.70 bits per heavy atom. The fourth-order valence-electron chi connectivity index (χ4n) is 2.72. The van der Waals surface area contributed by atoms with Crippen LogP contribution in [0.2, 0.25) is 0 Å². The van der Waals surface area contributed by atoms with Crippen molar-refractivity contribution in [1.29, 1.82) is 0 Å². The molecule has 0 fully saturated rings. The molecule has 0 saturated heterocycles. The van der Waals surface area contributed by atoms with E-state index in [-0.39, 0.29) is 0 Å². The topological polar surface area (TPSA) is 9.23 Å². The number of benzene rings is 3. The van der Waals surface area contributed by atoms with Gasteiger partial charge in [0.05, 0.1) is 0 Å². The van der Waals surface area contributed by atoms with Crippen molar-refractivity contribution < 1.29 is 4.74 Å². The molecule has 0 unspecified atom stereocenters. The molecule has 23 heavy (non-hydrogen) atoms. The highest BCUT2D eigenvalue weighted by Gasteiger charge is 2.01. The third-order valence-corrected chi connectivity index (χ3v) is 3.94. The van der Waals surface area contributed by atoms with Crippen LogP contribution in [0, 0.1) is 20.8 Å². The summed E-state index contributed by atoms with van der Waals surface area (Å²) in [5.41, 5.74) is 7.41. The van der Waals surface area contributed by atoms with E-state index in [1.54, 1.807) is 0 Å². The van der Waals surface area contributed by atoms with E-state index in [1.807, 2.05) is 0 Å². The maximum Gasteiger partial charge on any atom is 0.120 e. The molecule has 1 nitrogen and oxygen atoms in total. The van der Waals surface area contributed by atoms with Crippen molar-refractivity contribution in [2.24, 2.45) is 0 Å². The first kappa shape index (κ1) is 15.4. The summed E-state index contributed by atoms with van der Waals surface area (Å²) in [5, 5.41) is 0. The van der Waals surface area contributed by atoms with Crippen LogP contribution in [-0.4, -0.2) is 0 Å². The Hall–Kier alpha value is -2.54. The molecule has 0 radical (unpaired) electrons. The lowest BCUT2D eigenvalue weighted by atomic mass is 10.0. The van der Waals surface area contributed by atoms with Crippen LogP contribution in [0.3, 0.4) is 0 Å². The third-order valence-electron chi connectivity index (χ3n) is 3.94. The van der Waals surface area contributed by atoms with E-state index < -0.39 is 0 Å². The second-order valence-electron chi connectivity index (χ2n) is 6.18. The van der Waals surface area contributed by atoms with Crippen LogP contribution in [-0.2, 0) is 6.61 Å². The molecule has 0 aromatic heterocycles. The molecule has 0 spiro atoms. The highest BCUT2D eigenvalue weighted by atomic mass is 16.5. The Bertz CT molecular complexity index is 763. The van der Waals surface area contributed by atoms with Gasteiger partial charge < -0.3 is 4.74 Å². The molecule has 0 saturated carbocycles. The standard InChI is InChI=1S/C22H22O/c1-16-4-8-20(9-5-16)21-10-6-19(7-11-21)15-23-22-13-17(2)12-18(3)14-22/h4-14H,15H2,1-3H3. The van der Waals surface area contributed by atoms with E-state index in [0.29, 0.717) is 6.61 Å². The van der Waals surface area contributed by atoms with Gasteiger partial charge in [-0.25, -0.2) is 0 Å². The minimum absolute atomic E-state index is 0.594. The van der Waals surface area contributed by atoms with Crippen molar-refractivity contribution in [2.45, 2.75) is 27.4 Å². The molecule has 0 N–H and O–H groups in total. The molecule has 116 valence electrons. The van der Waals surface area contributed by atoms with Gasteiger partial charge in [0.1, 0.15) is 12.4 Å². The Morgan fingerprint density at radius 1 is 0.609 bits per heavy atom. The van der Waals surface area contributed by atoms with Crippen LogP contribution in [0.5, 0.6) is 5.75 Å². The molecule has 0 aliphatic rings. The lowest BCUT2D eigenvalue weighted by molar-refractivity contribution is 0.306. The normalized spacial score (nSPS) is 10.6. The first-order valence-corrected chi connectivity index (χ1v) is 7.97. The highest BCUT2D eigenvalue weighted by molar-refractivity contribution is 5.63. The number of ether oxygens (including phenoxy) is 1. The largest absolute Gasteiger partial charge is 0.489 e. The fourth-order valence-corrected chi connectivity index (χ4v) is 2.72. The molecule has 0 aliphatic carbocycles. The van der Waals surface area contributed by atoms with Crippen LogP contribution in [0.4, 0.5) is 0 Å². The minimum Gasteiger partial charge on any atom is -0.489 e.